The topological polar surface area (TPSA) is 120 Å². The fourth-order valence-corrected chi connectivity index (χ4v) is 4.18. The maximum absolute atomic E-state index is 13.4. The Kier molecular flexibility index (Phi) is 8.67. The molecule has 2 fully saturated rings. The molecule has 0 unspecified atom stereocenters. The van der Waals surface area contributed by atoms with Crippen LogP contribution in [0.1, 0.15) is 44.1 Å². The van der Waals surface area contributed by atoms with Crippen LogP contribution in [-0.4, -0.2) is 65.4 Å². The molecule has 1 aromatic heterocycles. The predicted octanol–water partition coefficient (Wildman–Crippen LogP) is 2.21. The highest BCUT2D eigenvalue weighted by molar-refractivity contribution is 5.80. The third-order valence-corrected chi connectivity index (χ3v) is 5.98. The summed E-state index contributed by atoms with van der Waals surface area (Å²) in [4.78, 5) is 32.6. The first-order valence-corrected chi connectivity index (χ1v) is 11.0. The molecule has 33 heavy (non-hydrogen) atoms. The maximum Gasteiger partial charge on any atom is 0.421 e. The number of nitrogens with one attached hydrogen (secondary N) is 2. The molecule has 0 aromatic carbocycles. The van der Waals surface area contributed by atoms with E-state index in [9.17, 15) is 28.0 Å². The molecule has 1 saturated heterocycles. The van der Waals surface area contributed by atoms with Crippen LogP contribution in [0.5, 0.6) is 0 Å². The summed E-state index contributed by atoms with van der Waals surface area (Å²) in [5.41, 5.74) is 3.89. The monoisotopic (exact) mass is 474 g/mol. The number of rotatable bonds is 10. The fourth-order valence-electron chi connectivity index (χ4n) is 4.18. The van der Waals surface area contributed by atoms with Crippen LogP contribution in [0.4, 0.5) is 24.9 Å². The van der Waals surface area contributed by atoms with Gasteiger partial charge in [-0.25, -0.2) is 10.0 Å². The molecule has 1 aliphatic carbocycles. The molecular formula is C20H29F3N6O4. The van der Waals surface area contributed by atoms with Gasteiger partial charge in [-0.2, -0.15) is 18.2 Å². The van der Waals surface area contributed by atoms with Gasteiger partial charge in [0.1, 0.15) is 11.4 Å². The minimum absolute atomic E-state index is 0.198. The van der Waals surface area contributed by atoms with Gasteiger partial charge in [-0.15, -0.1) is 0 Å². The van der Waals surface area contributed by atoms with E-state index < -0.39 is 23.6 Å². The van der Waals surface area contributed by atoms with Crippen molar-refractivity contribution in [2.75, 3.05) is 43.2 Å². The number of amides is 2. The SMILES string of the molecule is O=CN(O)C[C@@H](CCC1CCCC1)C(=O)NNc1ncc(C(F)(F)F)c(N2CCOCC2)n1. The van der Waals surface area contributed by atoms with Gasteiger partial charge in [0.05, 0.1) is 25.7 Å². The number of alkyl halides is 3. The summed E-state index contributed by atoms with van der Waals surface area (Å²) in [7, 11) is 0. The largest absolute Gasteiger partial charge is 0.421 e. The Hall–Kier alpha value is -2.67. The van der Waals surface area contributed by atoms with Crippen LogP contribution < -0.4 is 15.8 Å². The van der Waals surface area contributed by atoms with E-state index in [0.717, 1.165) is 32.1 Å². The normalized spacial score (nSPS) is 18.1. The molecule has 2 amide bonds. The molecule has 10 nitrogen and oxygen atoms in total. The van der Waals surface area contributed by atoms with Crippen LogP contribution in [0.3, 0.4) is 0 Å². The number of aromatic nitrogens is 2. The van der Waals surface area contributed by atoms with Gasteiger partial charge in [0, 0.05) is 19.3 Å². The molecule has 0 spiro atoms. The van der Waals surface area contributed by atoms with Gasteiger partial charge in [-0.05, 0) is 18.8 Å². The number of ether oxygens (including phenoxy) is 1. The number of carbonyl (C=O) groups excluding carboxylic acids is 2. The van der Waals surface area contributed by atoms with Gasteiger partial charge in [0.25, 0.3) is 0 Å². The molecule has 1 atom stereocenters. The molecular weight excluding hydrogens is 445 g/mol. The Morgan fingerprint density at radius 2 is 2.03 bits per heavy atom. The lowest BCUT2D eigenvalue weighted by molar-refractivity contribution is -0.154. The van der Waals surface area contributed by atoms with Crippen molar-refractivity contribution in [2.45, 2.75) is 44.7 Å². The number of carbonyl (C=O) groups is 2. The second kappa shape index (κ2) is 11.5. The lowest BCUT2D eigenvalue weighted by Crippen LogP contribution is -2.41. The molecule has 1 aliphatic heterocycles. The van der Waals surface area contributed by atoms with Gasteiger partial charge < -0.3 is 9.64 Å². The van der Waals surface area contributed by atoms with E-state index in [1.165, 1.54) is 4.90 Å². The van der Waals surface area contributed by atoms with Crippen molar-refractivity contribution in [3.05, 3.63) is 11.8 Å². The standard InChI is InChI=1S/C20H29F3N6O4/c21-20(22,23)16-11-24-19(25-17(16)28-7-9-33-10-8-28)27-26-18(31)15(12-29(32)13-30)6-5-14-3-1-2-4-14/h11,13-15,32H,1-10,12H2,(H,26,31)(H,24,25,27)/t15-/m1/s1. The number of nitrogens with zero attached hydrogens (tertiary/aromatic N) is 4. The molecule has 2 heterocycles. The van der Waals surface area contributed by atoms with Gasteiger partial charge in [0.2, 0.25) is 18.3 Å². The Morgan fingerprint density at radius 3 is 2.67 bits per heavy atom. The van der Waals surface area contributed by atoms with Crippen molar-refractivity contribution in [2.24, 2.45) is 11.8 Å². The molecule has 13 heteroatoms. The van der Waals surface area contributed by atoms with Crippen molar-refractivity contribution in [1.82, 2.24) is 20.5 Å². The van der Waals surface area contributed by atoms with Crippen LogP contribution in [0, 0.1) is 11.8 Å². The summed E-state index contributed by atoms with van der Waals surface area (Å²) in [5.74, 6) is -1.22. The highest BCUT2D eigenvalue weighted by Crippen LogP contribution is 2.35. The minimum atomic E-state index is -4.64. The third-order valence-electron chi connectivity index (χ3n) is 5.98. The fraction of sp³-hybridized carbons (Fsp3) is 0.700. The molecule has 184 valence electrons. The van der Waals surface area contributed by atoms with Gasteiger partial charge >= 0.3 is 6.18 Å². The molecule has 1 saturated carbocycles. The number of hydrogen-bond acceptors (Lipinski definition) is 8. The van der Waals surface area contributed by atoms with Crippen molar-refractivity contribution in [3.63, 3.8) is 0 Å². The van der Waals surface area contributed by atoms with Crippen molar-refractivity contribution >= 4 is 24.1 Å². The minimum Gasteiger partial charge on any atom is -0.378 e. The van der Waals surface area contributed by atoms with E-state index in [0.29, 0.717) is 23.6 Å². The first-order chi connectivity index (χ1) is 15.8. The van der Waals surface area contributed by atoms with Gasteiger partial charge in [-0.1, -0.05) is 25.7 Å². The average Bonchev–Trinajstić information content (AvgIpc) is 3.33. The quantitative estimate of drug-likeness (QED) is 0.268. The predicted molar refractivity (Wildman–Crippen MR) is 111 cm³/mol. The molecule has 1 aromatic rings. The first kappa shape index (κ1) is 25.0. The molecule has 3 rings (SSSR count). The van der Waals surface area contributed by atoms with E-state index in [4.69, 9.17) is 4.74 Å². The zero-order valence-electron chi connectivity index (χ0n) is 18.2. The summed E-state index contributed by atoms with van der Waals surface area (Å²) in [5, 5.41) is 9.97. The number of morpholine rings is 1. The number of hydrogen-bond donors (Lipinski definition) is 3. The second-order valence-corrected chi connectivity index (χ2v) is 8.29. The van der Waals surface area contributed by atoms with Crippen LogP contribution in [0.2, 0.25) is 0 Å². The number of anilines is 2. The van der Waals surface area contributed by atoms with Crippen molar-refractivity contribution < 1.29 is 32.7 Å². The van der Waals surface area contributed by atoms with Crippen LogP contribution in [0.25, 0.3) is 0 Å². The highest BCUT2D eigenvalue weighted by Gasteiger charge is 2.37. The summed E-state index contributed by atoms with van der Waals surface area (Å²) in [6.07, 6.45) is 1.97. The van der Waals surface area contributed by atoms with Crippen molar-refractivity contribution in [3.8, 4) is 0 Å². The second-order valence-electron chi connectivity index (χ2n) is 8.29. The van der Waals surface area contributed by atoms with E-state index in [1.54, 1.807) is 0 Å². The van der Waals surface area contributed by atoms with Crippen LogP contribution >= 0.6 is 0 Å². The summed E-state index contributed by atoms with van der Waals surface area (Å²) in [6.45, 7) is 0.840. The molecule has 0 radical (unpaired) electrons. The summed E-state index contributed by atoms with van der Waals surface area (Å²) in [6, 6.07) is 0. The maximum atomic E-state index is 13.4. The Bertz CT molecular complexity index is 800. The Labute approximate surface area is 189 Å². The highest BCUT2D eigenvalue weighted by atomic mass is 19.4. The number of halogens is 3. The summed E-state index contributed by atoms with van der Waals surface area (Å²) >= 11 is 0. The van der Waals surface area contributed by atoms with Gasteiger partial charge in [-0.3, -0.25) is 25.6 Å². The van der Waals surface area contributed by atoms with Crippen LogP contribution in [-0.2, 0) is 20.5 Å². The number of hydrazine groups is 1. The summed E-state index contributed by atoms with van der Waals surface area (Å²) < 4.78 is 45.5. The van der Waals surface area contributed by atoms with E-state index >= 15 is 0 Å². The lowest BCUT2D eigenvalue weighted by Gasteiger charge is -2.30. The lowest BCUT2D eigenvalue weighted by atomic mass is 9.94. The first-order valence-electron chi connectivity index (χ1n) is 11.0. The molecule has 0 bridgehead atoms. The average molecular weight is 474 g/mol. The van der Waals surface area contributed by atoms with Crippen molar-refractivity contribution in [1.29, 1.82) is 0 Å². The van der Waals surface area contributed by atoms with E-state index in [2.05, 4.69) is 20.8 Å². The van der Waals surface area contributed by atoms with E-state index in [-0.39, 0.29) is 51.0 Å². The smallest absolute Gasteiger partial charge is 0.378 e. The van der Waals surface area contributed by atoms with Crippen LogP contribution in [0.15, 0.2) is 6.20 Å². The number of hydroxylamine groups is 2. The van der Waals surface area contributed by atoms with E-state index in [1.807, 2.05) is 0 Å². The zero-order valence-corrected chi connectivity index (χ0v) is 18.2. The Balaban J connectivity index is 1.67. The molecule has 3 N–H and O–H groups in total. The third kappa shape index (κ3) is 7.16. The van der Waals surface area contributed by atoms with Gasteiger partial charge in [0.15, 0.2) is 0 Å². The molecule has 2 aliphatic rings. The Morgan fingerprint density at radius 1 is 1.33 bits per heavy atom. The zero-order chi connectivity index (χ0) is 23.8.